The molecule has 1 aromatic carbocycles. The van der Waals surface area contributed by atoms with Crippen LogP contribution in [0.5, 0.6) is 5.75 Å². The van der Waals surface area contributed by atoms with E-state index < -0.39 is 21.1 Å². The summed E-state index contributed by atoms with van der Waals surface area (Å²) in [7, 11) is -2.22. The second-order valence-corrected chi connectivity index (χ2v) is 6.27. The Morgan fingerprint density at radius 1 is 1.44 bits per heavy atom. The van der Waals surface area contributed by atoms with Crippen LogP contribution >= 0.6 is 0 Å². The van der Waals surface area contributed by atoms with Gasteiger partial charge in [-0.3, -0.25) is 0 Å². The summed E-state index contributed by atoms with van der Waals surface area (Å²) in [6.07, 6.45) is 0.447. The third kappa shape index (κ3) is 2.64. The fourth-order valence-electron chi connectivity index (χ4n) is 1.47. The number of carboxylic acid groups (broad SMARTS) is 1. The molecule has 5 nitrogen and oxygen atoms in total. The van der Waals surface area contributed by atoms with Gasteiger partial charge in [0.1, 0.15) is 10.6 Å². The van der Waals surface area contributed by atoms with E-state index in [1.165, 1.54) is 19.2 Å². The molecule has 0 saturated carbocycles. The summed E-state index contributed by atoms with van der Waals surface area (Å²) in [6.45, 7) is 3.35. The monoisotopic (exact) mass is 272 g/mol. The van der Waals surface area contributed by atoms with Crippen LogP contribution in [0, 0.1) is 0 Å². The molecule has 6 heteroatoms. The van der Waals surface area contributed by atoms with Crippen molar-refractivity contribution < 1.29 is 23.1 Å². The van der Waals surface area contributed by atoms with Gasteiger partial charge in [-0.15, -0.1) is 0 Å². The molecule has 18 heavy (non-hydrogen) atoms. The fourth-order valence-corrected chi connectivity index (χ4v) is 3.06. The second-order valence-electron chi connectivity index (χ2n) is 3.93. The molecule has 1 aromatic rings. The van der Waals surface area contributed by atoms with Gasteiger partial charge in [0.05, 0.1) is 17.9 Å². The predicted octanol–water partition coefficient (Wildman–Crippen LogP) is 1.97. The highest BCUT2D eigenvalue weighted by Gasteiger charge is 2.26. The van der Waals surface area contributed by atoms with Gasteiger partial charge < -0.3 is 9.84 Å². The lowest BCUT2D eigenvalue weighted by molar-refractivity contribution is 0.0696. The van der Waals surface area contributed by atoms with Gasteiger partial charge in [-0.1, -0.05) is 6.92 Å². The van der Waals surface area contributed by atoms with Gasteiger partial charge in [-0.2, -0.15) is 0 Å². The van der Waals surface area contributed by atoms with E-state index >= 15 is 0 Å². The molecule has 1 rings (SSSR count). The average Bonchev–Trinajstić information content (AvgIpc) is 2.36. The largest absolute Gasteiger partial charge is 0.495 e. The molecule has 0 aromatic heterocycles. The Bertz CT molecular complexity index is 548. The van der Waals surface area contributed by atoms with Crippen molar-refractivity contribution in [3.8, 4) is 5.75 Å². The molecule has 0 spiro atoms. The first-order chi connectivity index (χ1) is 8.34. The highest BCUT2D eigenvalue weighted by atomic mass is 32.2. The van der Waals surface area contributed by atoms with Gasteiger partial charge in [0.15, 0.2) is 9.84 Å². The van der Waals surface area contributed by atoms with Gasteiger partial charge in [0.25, 0.3) is 0 Å². The Labute approximate surface area is 106 Å². The fraction of sp³-hybridized carbons (Fsp3) is 0.417. The SMILES string of the molecule is CCC(C)S(=O)(=O)c1cc(C(=O)O)ccc1OC. The summed E-state index contributed by atoms with van der Waals surface area (Å²) in [5.74, 6) is -1.00. The molecular formula is C12H16O5S. The highest BCUT2D eigenvalue weighted by molar-refractivity contribution is 7.92. The maximum absolute atomic E-state index is 12.2. The van der Waals surface area contributed by atoms with Crippen molar-refractivity contribution in [3.63, 3.8) is 0 Å². The van der Waals surface area contributed by atoms with E-state index in [1.54, 1.807) is 13.8 Å². The number of methoxy groups -OCH3 is 1. The zero-order valence-electron chi connectivity index (χ0n) is 10.5. The third-order valence-electron chi connectivity index (χ3n) is 2.82. The van der Waals surface area contributed by atoms with Crippen molar-refractivity contribution in [2.45, 2.75) is 30.4 Å². The molecule has 0 saturated heterocycles. The Kier molecular flexibility index (Phi) is 4.34. The number of ether oxygens (including phenoxy) is 1. The zero-order valence-corrected chi connectivity index (χ0v) is 11.3. The molecule has 0 radical (unpaired) electrons. The second kappa shape index (κ2) is 5.39. The molecule has 100 valence electrons. The summed E-state index contributed by atoms with van der Waals surface area (Å²) in [4.78, 5) is 10.8. The molecule has 1 unspecified atom stereocenters. The lowest BCUT2D eigenvalue weighted by atomic mass is 10.2. The van der Waals surface area contributed by atoms with Crippen molar-refractivity contribution in [1.82, 2.24) is 0 Å². The molecule has 0 aliphatic rings. The minimum absolute atomic E-state index is 0.0701. The summed E-state index contributed by atoms with van der Waals surface area (Å²) in [5.41, 5.74) is -0.0716. The maximum Gasteiger partial charge on any atom is 0.335 e. The smallest absolute Gasteiger partial charge is 0.335 e. The van der Waals surface area contributed by atoms with E-state index in [2.05, 4.69) is 0 Å². The molecule has 0 amide bonds. The van der Waals surface area contributed by atoms with Crippen molar-refractivity contribution >= 4 is 15.8 Å². The Balaban J connectivity index is 3.46. The first kappa shape index (κ1) is 14.5. The quantitative estimate of drug-likeness (QED) is 0.886. The third-order valence-corrected chi connectivity index (χ3v) is 5.15. The van der Waals surface area contributed by atoms with Crippen LogP contribution in [0.4, 0.5) is 0 Å². The number of hydrogen-bond acceptors (Lipinski definition) is 4. The number of rotatable bonds is 5. The van der Waals surface area contributed by atoms with Crippen molar-refractivity contribution in [2.24, 2.45) is 0 Å². The van der Waals surface area contributed by atoms with E-state index in [1.807, 2.05) is 0 Å². The molecule has 0 bridgehead atoms. The Hall–Kier alpha value is -1.56. The van der Waals surface area contributed by atoms with Crippen LogP contribution in [0.15, 0.2) is 23.1 Å². The number of carbonyl (C=O) groups is 1. The minimum atomic E-state index is -3.58. The molecule has 0 fully saturated rings. The number of aromatic carboxylic acids is 1. The summed E-state index contributed by atoms with van der Waals surface area (Å²) < 4.78 is 29.5. The number of hydrogen-bond donors (Lipinski definition) is 1. The van der Waals surface area contributed by atoms with Crippen molar-refractivity contribution in [3.05, 3.63) is 23.8 Å². The van der Waals surface area contributed by atoms with Gasteiger partial charge in [-0.25, -0.2) is 13.2 Å². The van der Waals surface area contributed by atoms with Gasteiger partial charge in [-0.05, 0) is 31.5 Å². The molecule has 0 heterocycles. The van der Waals surface area contributed by atoms with E-state index in [0.29, 0.717) is 6.42 Å². The van der Waals surface area contributed by atoms with Crippen LogP contribution in [0.3, 0.4) is 0 Å². The lowest BCUT2D eigenvalue weighted by Gasteiger charge is -2.14. The minimum Gasteiger partial charge on any atom is -0.495 e. The van der Waals surface area contributed by atoms with Gasteiger partial charge >= 0.3 is 5.97 Å². The molecule has 1 atom stereocenters. The van der Waals surface area contributed by atoms with Crippen LogP contribution in [0.25, 0.3) is 0 Å². The first-order valence-corrected chi connectivity index (χ1v) is 7.04. The lowest BCUT2D eigenvalue weighted by Crippen LogP contribution is -2.18. The van der Waals surface area contributed by atoms with E-state index in [0.717, 1.165) is 6.07 Å². The molecule has 0 aliphatic heterocycles. The summed E-state index contributed by atoms with van der Waals surface area (Å²) >= 11 is 0. The van der Waals surface area contributed by atoms with E-state index in [4.69, 9.17) is 9.84 Å². The standard InChI is InChI=1S/C12H16O5S/c1-4-8(2)18(15,16)11-7-9(12(13)14)5-6-10(11)17-3/h5-8H,4H2,1-3H3,(H,13,14). The van der Waals surface area contributed by atoms with E-state index in [-0.39, 0.29) is 16.2 Å². The number of sulfone groups is 1. The molecule has 0 aliphatic carbocycles. The van der Waals surface area contributed by atoms with Crippen LogP contribution in [0.2, 0.25) is 0 Å². The van der Waals surface area contributed by atoms with Crippen LogP contribution < -0.4 is 4.74 Å². The number of benzene rings is 1. The molecule has 1 N–H and O–H groups in total. The predicted molar refractivity (Wildman–Crippen MR) is 66.9 cm³/mol. The topological polar surface area (TPSA) is 80.7 Å². The summed E-state index contributed by atoms with van der Waals surface area (Å²) in [6, 6.07) is 3.82. The Morgan fingerprint density at radius 2 is 2.06 bits per heavy atom. The normalized spacial score (nSPS) is 13.1. The first-order valence-electron chi connectivity index (χ1n) is 5.49. The average molecular weight is 272 g/mol. The van der Waals surface area contributed by atoms with Crippen LogP contribution in [-0.4, -0.2) is 31.9 Å². The highest BCUT2D eigenvalue weighted by Crippen LogP contribution is 2.29. The maximum atomic E-state index is 12.2. The van der Waals surface area contributed by atoms with Gasteiger partial charge in [0, 0.05) is 0 Å². The van der Waals surface area contributed by atoms with Gasteiger partial charge in [0.2, 0.25) is 0 Å². The summed E-state index contributed by atoms with van der Waals surface area (Å²) in [5, 5.41) is 8.31. The Morgan fingerprint density at radius 3 is 2.50 bits per heavy atom. The zero-order chi connectivity index (χ0) is 13.9. The van der Waals surface area contributed by atoms with E-state index in [9.17, 15) is 13.2 Å². The molecular weight excluding hydrogens is 256 g/mol. The number of carboxylic acids is 1. The van der Waals surface area contributed by atoms with Crippen molar-refractivity contribution in [2.75, 3.05) is 7.11 Å². The van der Waals surface area contributed by atoms with Crippen molar-refractivity contribution in [1.29, 1.82) is 0 Å². The van der Waals surface area contributed by atoms with Crippen LogP contribution in [-0.2, 0) is 9.84 Å². The van der Waals surface area contributed by atoms with Crippen LogP contribution in [0.1, 0.15) is 30.6 Å².